The first-order valence-electron chi connectivity index (χ1n) is 6.27. The van der Waals surface area contributed by atoms with Crippen molar-refractivity contribution in [2.45, 2.75) is 13.8 Å². The van der Waals surface area contributed by atoms with Gasteiger partial charge in [-0.25, -0.2) is 8.78 Å². The summed E-state index contributed by atoms with van der Waals surface area (Å²) in [5, 5.41) is 3.02. The molecular formula is C16H15F2NO. The number of hydrogen-bond donors (Lipinski definition) is 1. The van der Waals surface area contributed by atoms with Gasteiger partial charge in [0.05, 0.1) is 6.54 Å². The number of anilines is 1. The van der Waals surface area contributed by atoms with E-state index in [4.69, 9.17) is 0 Å². The molecule has 0 fully saturated rings. The van der Waals surface area contributed by atoms with E-state index in [0.717, 1.165) is 28.9 Å². The molecule has 1 N–H and O–H groups in total. The smallest absolute Gasteiger partial charge is 0.181 e. The Morgan fingerprint density at radius 1 is 1.10 bits per heavy atom. The Balaban J connectivity index is 2.08. The van der Waals surface area contributed by atoms with Crippen LogP contribution in [0.5, 0.6) is 0 Å². The highest BCUT2D eigenvalue weighted by atomic mass is 19.2. The number of benzene rings is 2. The van der Waals surface area contributed by atoms with E-state index in [0.29, 0.717) is 0 Å². The Bertz CT molecular complexity index is 653. The molecule has 0 heterocycles. The Morgan fingerprint density at radius 2 is 1.85 bits per heavy atom. The molecule has 2 nitrogen and oxygen atoms in total. The third-order valence-corrected chi connectivity index (χ3v) is 3.29. The SMILES string of the molecule is Cc1cccc(NCC(=O)c2ccc(F)c(F)c2)c1C. The molecule has 0 unspecified atom stereocenters. The van der Waals surface area contributed by atoms with E-state index in [1.54, 1.807) is 0 Å². The Kier molecular flexibility index (Phi) is 4.13. The van der Waals surface area contributed by atoms with Crippen molar-refractivity contribution in [1.82, 2.24) is 0 Å². The summed E-state index contributed by atoms with van der Waals surface area (Å²) in [4.78, 5) is 11.9. The van der Waals surface area contributed by atoms with Crippen LogP contribution in [0, 0.1) is 25.5 Å². The summed E-state index contributed by atoms with van der Waals surface area (Å²) in [5.74, 6) is -2.25. The highest BCUT2D eigenvalue weighted by Crippen LogP contribution is 2.18. The average molecular weight is 275 g/mol. The lowest BCUT2D eigenvalue weighted by atomic mass is 10.1. The second kappa shape index (κ2) is 5.82. The zero-order valence-electron chi connectivity index (χ0n) is 11.3. The molecule has 4 heteroatoms. The predicted molar refractivity (Wildman–Crippen MR) is 75.1 cm³/mol. The summed E-state index contributed by atoms with van der Waals surface area (Å²) in [6.07, 6.45) is 0. The highest BCUT2D eigenvalue weighted by Gasteiger charge is 2.10. The minimum atomic E-state index is -1.01. The molecule has 0 aliphatic carbocycles. The quantitative estimate of drug-likeness (QED) is 0.858. The largest absolute Gasteiger partial charge is 0.377 e. The van der Waals surface area contributed by atoms with E-state index in [1.807, 2.05) is 32.0 Å². The number of rotatable bonds is 4. The standard InChI is InChI=1S/C16H15F2NO/c1-10-4-3-5-15(11(10)2)19-9-16(20)12-6-7-13(17)14(18)8-12/h3-8,19H,9H2,1-2H3. The van der Waals surface area contributed by atoms with Crippen molar-refractivity contribution >= 4 is 11.5 Å². The molecule has 0 bridgehead atoms. The van der Waals surface area contributed by atoms with Crippen LogP contribution >= 0.6 is 0 Å². The topological polar surface area (TPSA) is 29.1 Å². The first-order valence-corrected chi connectivity index (χ1v) is 6.27. The summed E-state index contributed by atoms with van der Waals surface area (Å²) in [6.45, 7) is 3.98. The number of aryl methyl sites for hydroxylation is 1. The van der Waals surface area contributed by atoms with Crippen LogP contribution in [0.1, 0.15) is 21.5 Å². The van der Waals surface area contributed by atoms with Gasteiger partial charge in [0.15, 0.2) is 17.4 Å². The number of Topliss-reactive ketones (excluding diaryl/α,β-unsaturated/α-hetero) is 1. The molecule has 0 spiro atoms. The molecule has 0 amide bonds. The zero-order chi connectivity index (χ0) is 14.7. The van der Waals surface area contributed by atoms with Crippen LogP contribution in [-0.4, -0.2) is 12.3 Å². The predicted octanol–water partition coefficient (Wildman–Crippen LogP) is 3.88. The number of hydrogen-bond acceptors (Lipinski definition) is 2. The Morgan fingerprint density at radius 3 is 2.55 bits per heavy atom. The summed E-state index contributed by atoms with van der Waals surface area (Å²) in [5.41, 5.74) is 3.20. The second-order valence-corrected chi connectivity index (χ2v) is 4.65. The Labute approximate surface area is 116 Å². The van der Waals surface area contributed by atoms with Crippen molar-refractivity contribution in [2.75, 3.05) is 11.9 Å². The van der Waals surface area contributed by atoms with Crippen molar-refractivity contribution < 1.29 is 13.6 Å². The molecule has 0 atom stereocenters. The van der Waals surface area contributed by atoms with E-state index in [-0.39, 0.29) is 17.9 Å². The second-order valence-electron chi connectivity index (χ2n) is 4.65. The first kappa shape index (κ1) is 14.2. The molecule has 2 aromatic rings. The van der Waals surface area contributed by atoms with Gasteiger partial charge in [-0.15, -0.1) is 0 Å². The van der Waals surface area contributed by atoms with Gasteiger partial charge in [0, 0.05) is 11.3 Å². The summed E-state index contributed by atoms with van der Waals surface area (Å²) < 4.78 is 25.9. The lowest BCUT2D eigenvalue weighted by molar-refractivity contribution is 0.101. The van der Waals surface area contributed by atoms with E-state index < -0.39 is 11.6 Å². The van der Waals surface area contributed by atoms with E-state index in [1.165, 1.54) is 6.07 Å². The maximum absolute atomic E-state index is 13.1. The van der Waals surface area contributed by atoms with Crippen LogP contribution in [0.3, 0.4) is 0 Å². The van der Waals surface area contributed by atoms with Crippen LogP contribution in [-0.2, 0) is 0 Å². The average Bonchev–Trinajstić information content (AvgIpc) is 2.43. The molecule has 0 aliphatic rings. The maximum atomic E-state index is 13.1. The third kappa shape index (κ3) is 3.02. The van der Waals surface area contributed by atoms with Crippen molar-refractivity contribution in [3.63, 3.8) is 0 Å². The monoisotopic (exact) mass is 275 g/mol. The van der Waals surface area contributed by atoms with Crippen LogP contribution < -0.4 is 5.32 Å². The molecule has 0 saturated heterocycles. The van der Waals surface area contributed by atoms with Crippen LogP contribution in [0.2, 0.25) is 0 Å². The number of nitrogens with one attached hydrogen (secondary N) is 1. The molecule has 2 aromatic carbocycles. The van der Waals surface area contributed by atoms with Gasteiger partial charge in [0.25, 0.3) is 0 Å². The van der Waals surface area contributed by atoms with Crippen molar-refractivity contribution in [1.29, 1.82) is 0 Å². The van der Waals surface area contributed by atoms with E-state index in [9.17, 15) is 13.6 Å². The fourth-order valence-electron chi connectivity index (χ4n) is 1.89. The number of ketones is 1. The fraction of sp³-hybridized carbons (Fsp3) is 0.188. The van der Waals surface area contributed by atoms with Crippen molar-refractivity contribution in [3.8, 4) is 0 Å². The number of carbonyl (C=O) groups is 1. The van der Waals surface area contributed by atoms with Crippen molar-refractivity contribution in [3.05, 3.63) is 64.7 Å². The number of halogens is 2. The van der Waals surface area contributed by atoms with Crippen molar-refractivity contribution in [2.24, 2.45) is 0 Å². The molecular weight excluding hydrogens is 260 g/mol. The van der Waals surface area contributed by atoms with Crippen LogP contribution in [0.15, 0.2) is 36.4 Å². The number of carbonyl (C=O) groups excluding carboxylic acids is 1. The molecule has 0 aromatic heterocycles. The van der Waals surface area contributed by atoms with Gasteiger partial charge in [0.1, 0.15) is 0 Å². The van der Waals surface area contributed by atoms with E-state index in [2.05, 4.69) is 5.32 Å². The van der Waals surface area contributed by atoms with Crippen LogP contribution in [0.25, 0.3) is 0 Å². The molecule has 20 heavy (non-hydrogen) atoms. The van der Waals surface area contributed by atoms with Gasteiger partial charge in [-0.3, -0.25) is 4.79 Å². The van der Waals surface area contributed by atoms with Gasteiger partial charge in [0.2, 0.25) is 0 Å². The fourth-order valence-corrected chi connectivity index (χ4v) is 1.89. The van der Waals surface area contributed by atoms with E-state index >= 15 is 0 Å². The van der Waals surface area contributed by atoms with Crippen LogP contribution in [0.4, 0.5) is 14.5 Å². The third-order valence-electron chi connectivity index (χ3n) is 3.29. The minimum absolute atomic E-state index is 0.0371. The van der Waals surface area contributed by atoms with Gasteiger partial charge in [-0.05, 0) is 49.2 Å². The normalized spacial score (nSPS) is 10.4. The molecule has 104 valence electrons. The summed E-state index contributed by atoms with van der Waals surface area (Å²) in [6, 6.07) is 8.92. The molecule has 2 rings (SSSR count). The van der Waals surface area contributed by atoms with Gasteiger partial charge >= 0.3 is 0 Å². The van der Waals surface area contributed by atoms with Gasteiger partial charge in [-0.1, -0.05) is 12.1 Å². The maximum Gasteiger partial charge on any atom is 0.181 e. The molecule has 0 aliphatic heterocycles. The van der Waals surface area contributed by atoms with Gasteiger partial charge < -0.3 is 5.32 Å². The molecule has 0 radical (unpaired) electrons. The summed E-state index contributed by atoms with van der Waals surface area (Å²) in [7, 11) is 0. The zero-order valence-corrected chi connectivity index (χ0v) is 11.3. The lowest BCUT2D eigenvalue weighted by Gasteiger charge is -2.11. The first-order chi connectivity index (χ1) is 9.49. The lowest BCUT2D eigenvalue weighted by Crippen LogP contribution is -2.15. The van der Waals surface area contributed by atoms with Gasteiger partial charge in [-0.2, -0.15) is 0 Å². The summed E-state index contributed by atoms with van der Waals surface area (Å²) >= 11 is 0. The minimum Gasteiger partial charge on any atom is -0.377 e. The Hall–Kier alpha value is -2.23. The highest BCUT2D eigenvalue weighted by molar-refractivity contribution is 5.99. The molecule has 0 saturated carbocycles.